The van der Waals surface area contributed by atoms with Crippen molar-refractivity contribution in [1.82, 2.24) is 5.32 Å². The van der Waals surface area contributed by atoms with E-state index in [2.05, 4.69) is 19.2 Å². The van der Waals surface area contributed by atoms with Crippen molar-refractivity contribution in [3.8, 4) is 0 Å². The van der Waals surface area contributed by atoms with Gasteiger partial charge in [-0.15, -0.1) is 0 Å². The van der Waals surface area contributed by atoms with E-state index in [0.717, 1.165) is 57.8 Å². The molecule has 0 spiro atoms. The lowest BCUT2D eigenvalue weighted by atomic mass is 9.96. The molecule has 0 aromatic heterocycles. The fraction of sp³-hybridized carbons (Fsp3) is 0.947. The molecule has 12 N–H and O–H groups in total. The molecular weight excluding hydrogens is 987 g/mol. The van der Waals surface area contributed by atoms with Crippen molar-refractivity contribution in [2.24, 2.45) is 0 Å². The maximum atomic E-state index is 13.2. The number of rotatable bonds is 44. The lowest BCUT2D eigenvalue weighted by molar-refractivity contribution is -0.379. The van der Waals surface area contributed by atoms with Gasteiger partial charge in [0, 0.05) is 6.42 Å². The minimum absolute atomic E-state index is 0.248. The van der Waals surface area contributed by atoms with Gasteiger partial charge >= 0.3 is 0 Å². The third kappa shape index (κ3) is 25.5. The number of carbonyl (C=O) groups excluding carboxylic acids is 1. The van der Waals surface area contributed by atoms with E-state index in [1.54, 1.807) is 6.08 Å². The Balaban J connectivity index is 1.40. The van der Waals surface area contributed by atoms with Crippen molar-refractivity contribution in [3.63, 3.8) is 0 Å². The number of aliphatic hydroxyl groups excluding tert-OH is 11. The Labute approximate surface area is 455 Å². The van der Waals surface area contributed by atoms with Crippen LogP contribution in [-0.4, -0.2) is 193 Å². The number of amides is 1. The van der Waals surface area contributed by atoms with Crippen LogP contribution in [0.15, 0.2) is 12.2 Å². The van der Waals surface area contributed by atoms with Crippen molar-refractivity contribution < 1.29 is 89.4 Å². The van der Waals surface area contributed by atoms with Crippen LogP contribution in [0.1, 0.15) is 213 Å². The average Bonchev–Trinajstić information content (AvgIpc) is 3.42. The van der Waals surface area contributed by atoms with Gasteiger partial charge in [0.05, 0.1) is 38.6 Å². The van der Waals surface area contributed by atoms with Crippen molar-refractivity contribution in [3.05, 3.63) is 12.2 Å². The Morgan fingerprint density at radius 2 is 0.816 bits per heavy atom. The predicted octanol–water partition coefficient (Wildman–Crippen LogP) is 4.99. The largest absolute Gasteiger partial charge is 0.394 e. The van der Waals surface area contributed by atoms with Gasteiger partial charge in [-0.2, -0.15) is 0 Å². The first-order valence-electron chi connectivity index (χ1n) is 29.9. The zero-order valence-electron chi connectivity index (χ0n) is 46.5. The zero-order chi connectivity index (χ0) is 55.5. The van der Waals surface area contributed by atoms with Gasteiger partial charge < -0.3 is 89.9 Å². The van der Waals surface area contributed by atoms with Crippen LogP contribution >= 0.6 is 0 Å². The molecule has 3 heterocycles. The van der Waals surface area contributed by atoms with Crippen molar-refractivity contribution in [2.75, 3.05) is 26.4 Å². The summed E-state index contributed by atoms with van der Waals surface area (Å²) in [6.07, 6.45) is 14.0. The molecule has 19 heteroatoms. The summed E-state index contributed by atoms with van der Waals surface area (Å²) in [6.45, 7) is 1.66. The molecule has 17 atom stereocenters. The molecule has 1 amide bonds. The van der Waals surface area contributed by atoms with E-state index >= 15 is 0 Å². The lowest BCUT2D eigenvalue weighted by Gasteiger charge is -2.48. The highest BCUT2D eigenvalue weighted by molar-refractivity contribution is 5.76. The van der Waals surface area contributed by atoms with E-state index < -0.39 is 124 Å². The highest BCUT2D eigenvalue weighted by Gasteiger charge is 2.53. The van der Waals surface area contributed by atoms with Crippen LogP contribution in [0.4, 0.5) is 0 Å². The van der Waals surface area contributed by atoms with Crippen molar-refractivity contribution >= 4 is 5.91 Å². The van der Waals surface area contributed by atoms with Crippen molar-refractivity contribution in [2.45, 2.75) is 317 Å². The molecule has 0 aromatic rings. The summed E-state index contributed by atoms with van der Waals surface area (Å²) in [6, 6.07) is -0.964. The van der Waals surface area contributed by atoms with Crippen LogP contribution in [0.25, 0.3) is 0 Å². The van der Waals surface area contributed by atoms with Gasteiger partial charge in [-0.05, 0) is 19.3 Å². The molecule has 76 heavy (non-hydrogen) atoms. The number of unbranched alkanes of at least 4 members (excludes halogenated alkanes) is 28. The third-order valence-corrected chi connectivity index (χ3v) is 15.3. The van der Waals surface area contributed by atoms with Gasteiger partial charge in [-0.1, -0.05) is 199 Å². The third-order valence-electron chi connectivity index (χ3n) is 15.3. The van der Waals surface area contributed by atoms with Crippen LogP contribution in [0.3, 0.4) is 0 Å². The number of hydrogen-bond acceptors (Lipinski definition) is 18. The number of nitrogens with one attached hydrogen (secondary N) is 1. The summed E-state index contributed by atoms with van der Waals surface area (Å²) in [5.41, 5.74) is 0. The quantitative estimate of drug-likeness (QED) is 0.0283. The van der Waals surface area contributed by atoms with Crippen molar-refractivity contribution in [1.29, 1.82) is 0 Å². The Morgan fingerprint density at radius 3 is 1.24 bits per heavy atom. The number of hydrogen-bond donors (Lipinski definition) is 12. The number of aliphatic hydroxyl groups is 11. The summed E-state index contributed by atoms with van der Waals surface area (Å²) in [5, 5.41) is 120. The molecule has 3 aliphatic heterocycles. The fourth-order valence-corrected chi connectivity index (χ4v) is 10.4. The number of carbonyl (C=O) groups is 1. The molecule has 0 aliphatic carbocycles. The maximum absolute atomic E-state index is 13.2. The highest BCUT2D eigenvalue weighted by atomic mass is 16.8. The van der Waals surface area contributed by atoms with Crippen LogP contribution in [0, 0.1) is 0 Å². The zero-order valence-corrected chi connectivity index (χ0v) is 46.5. The first-order chi connectivity index (χ1) is 36.8. The van der Waals surface area contributed by atoms with E-state index in [-0.39, 0.29) is 18.9 Å². The molecule has 3 fully saturated rings. The average molecular weight is 1090 g/mol. The molecule has 0 saturated carbocycles. The lowest BCUT2D eigenvalue weighted by Crippen LogP contribution is -2.66. The molecule has 3 saturated heterocycles. The molecule has 3 rings (SSSR count). The second kappa shape index (κ2) is 41.5. The van der Waals surface area contributed by atoms with Gasteiger partial charge in [0.25, 0.3) is 0 Å². The first-order valence-corrected chi connectivity index (χ1v) is 29.9. The second-order valence-electron chi connectivity index (χ2n) is 21.8. The Morgan fingerprint density at radius 1 is 0.461 bits per heavy atom. The highest BCUT2D eigenvalue weighted by Crippen LogP contribution is 2.33. The van der Waals surface area contributed by atoms with Crippen LogP contribution in [0.5, 0.6) is 0 Å². The molecule has 0 radical (unpaired) electrons. The van der Waals surface area contributed by atoms with E-state index in [1.807, 2.05) is 6.08 Å². The van der Waals surface area contributed by atoms with E-state index in [9.17, 15) is 61.0 Å². The monoisotopic (exact) mass is 1090 g/mol. The van der Waals surface area contributed by atoms with Gasteiger partial charge in [-0.3, -0.25) is 4.79 Å². The van der Waals surface area contributed by atoms with Crippen LogP contribution < -0.4 is 5.32 Å². The molecule has 17 unspecified atom stereocenters. The Hall–Kier alpha value is -1.47. The molecule has 0 aromatic carbocycles. The van der Waals surface area contributed by atoms with Gasteiger partial charge in [0.2, 0.25) is 5.91 Å². The van der Waals surface area contributed by atoms with E-state index in [4.69, 9.17) is 28.4 Å². The standard InChI is InChI=1S/C57H107NO18/c1-3-5-7-9-11-12-13-14-15-16-17-18-19-20-21-22-23-24-25-26-27-29-31-33-35-45(63)58-40(41(62)34-32-30-28-10-8-6-4-2)39-71-55-51(69)48(66)53(43(37-60)73-55)76-57-52(70)49(67)54(44(38-61)74-57)75-56-50(68)47(65)46(64)42(36-59)72-56/h32,34,40-44,46-57,59-62,64-70H,3-31,33,35-39H2,1-2H3,(H,58,63)/b34-32+. The summed E-state index contributed by atoms with van der Waals surface area (Å²) >= 11 is 0. The normalized spacial score (nSPS) is 31.0. The van der Waals surface area contributed by atoms with Gasteiger partial charge in [0.15, 0.2) is 18.9 Å². The summed E-state index contributed by atoms with van der Waals surface area (Å²) in [5.74, 6) is -0.276. The van der Waals surface area contributed by atoms with Crippen LogP contribution in [0.2, 0.25) is 0 Å². The Kier molecular flexibility index (Phi) is 37.6. The fourth-order valence-electron chi connectivity index (χ4n) is 10.4. The number of ether oxygens (including phenoxy) is 6. The summed E-state index contributed by atoms with van der Waals surface area (Å²) in [7, 11) is 0. The first kappa shape index (κ1) is 68.8. The predicted molar refractivity (Wildman–Crippen MR) is 287 cm³/mol. The summed E-state index contributed by atoms with van der Waals surface area (Å²) in [4.78, 5) is 13.2. The molecule has 0 bridgehead atoms. The van der Waals surface area contributed by atoms with Crippen LogP contribution in [-0.2, 0) is 33.2 Å². The maximum Gasteiger partial charge on any atom is 0.220 e. The van der Waals surface area contributed by atoms with E-state index in [1.165, 1.54) is 128 Å². The second-order valence-corrected chi connectivity index (χ2v) is 21.8. The summed E-state index contributed by atoms with van der Waals surface area (Å²) < 4.78 is 34.1. The minimum atomic E-state index is -1.97. The molecule has 19 nitrogen and oxygen atoms in total. The van der Waals surface area contributed by atoms with E-state index in [0.29, 0.717) is 6.42 Å². The smallest absolute Gasteiger partial charge is 0.220 e. The Bertz CT molecular complexity index is 1450. The van der Waals surface area contributed by atoms with Gasteiger partial charge in [0.1, 0.15) is 73.2 Å². The molecular formula is C57H107NO18. The van der Waals surface area contributed by atoms with Gasteiger partial charge in [-0.25, -0.2) is 0 Å². The molecule has 3 aliphatic rings. The SMILES string of the molecule is CCCCCCC/C=C/C(O)C(COC1OC(CO)C(OC2OC(CO)C(OC3OC(CO)C(O)C(O)C3O)C(O)C2O)C(O)C1O)NC(=O)CCCCCCCCCCCCCCCCCCCCCCCCCC. The topological polar surface area (TPSA) is 307 Å². The molecule has 448 valence electrons. The number of allylic oxidation sites excluding steroid dienone is 1. The minimum Gasteiger partial charge on any atom is -0.394 e.